The number of ether oxygens (including phenoxy) is 3. The van der Waals surface area contributed by atoms with Gasteiger partial charge in [0, 0.05) is 0 Å². The maximum Gasteiger partial charge on any atom is 0.375 e. The van der Waals surface area contributed by atoms with Crippen molar-refractivity contribution in [2.75, 3.05) is 0 Å². The highest BCUT2D eigenvalue weighted by Gasteiger charge is 2.14. The third kappa shape index (κ3) is 9.18. The van der Waals surface area contributed by atoms with Gasteiger partial charge in [-0.3, -0.25) is 4.79 Å². The average Bonchev–Trinajstić information content (AvgIpc) is 2.73. The molecule has 12 heteroatoms. The largest absolute Gasteiger partial charge is 0.478 e. The molecule has 10 nitrogen and oxygen atoms in total. The summed E-state index contributed by atoms with van der Waals surface area (Å²) in [6.07, 6.45) is 1.07. The number of halogens is 2. The number of aliphatic carboxylic acids is 3. The predicted octanol–water partition coefficient (Wildman–Crippen LogP) is 3.18. The van der Waals surface area contributed by atoms with Crippen LogP contribution in [0.4, 0.5) is 8.78 Å². The Hall–Kier alpha value is -4.74. The Bertz CT molecular complexity index is 1140. The Kier molecular flexibility index (Phi) is 10.4. The smallest absolute Gasteiger partial charge is 0.375 e. The van der Waals surface area contributed by atoms with Gasteiger partial charge in [-0.1, -0.05) is 0 Å². The summed E-state index contributed by atoms with van der Waals surface area (Å²) in [7, 11) is 0. The lowest BCUT2D eigenvalue weighted by atomic mass is 10.2. The molecule has 180 valence electrons. The zero-order chi connectivity index (χ0) is 25.8. The van der Waals surface area contributed by atoms with Gasteiger partial charge in [0.15, 0.2) is 0 Å². The fourth-order valence-electron chi connectivity index (χ4n) is 2.15. The van der Waals surface area contributed by atoms with Crippen LogP contribution >= 0.6 is 0 Å². The number of carbonyl (C=O) groups is 4. The second-order valence-electron chi connectivity index (χ2n) is 6.20. The first-order valence-electron chi connectivity index (χ1n) is 9.03. The number of carboxylic acid groups (broad SMARTS) is 3. The van der Waals surface area contributed by atoms with Crippen molar-refractivity contribution in [3.05, 3.63) is 83.0 Å². The lowest BCUT2D eigenvalue weighted by Crippen LogP contribution is -2.10. The first-order valence-corrected chi connectivity index (χ1v) is 9.03. The average molecular weight is 480 g/mol. The highest BCUT2D eigenvalue weighted by atomic mass is 19.1. The third-order valence-electron chi connectivity index (χ3n) is 3.62. The number of hydrogen-bond acceptors (Lipinski definition) is 7. The Morgan fingerprint density at radius 1 is 0.794 bits per heavy atom. The van der Waals surface area contributed by atoms with Crippen LogP contribution in [0.3, 0.4) is 0 Å². The van der Waals surface area contributed by atoms with Gasteiger partial charge in [-0.15, -0.1) is 0 Å². The Balaban J connectivity index is 0.000000340. The summed E-state index contributed by atoms with van der Waals surface area (Å²) in [5, 5.41) is 25.9. The van der Waals surface area contributed by atoms with E-state index in [-0.39, 0.29) is 18.0 Å². The minimum Gasteiger partial charge on any atom is -0.478 e. The standard InChI is InChI=1S/2C11H9FO5/c1-7-4-8(12)2-3-9(7)17-10(11(14)15)5-16-6-13;1-6-4-7(12)2-3-8(6)17-9(11(15)16)5-10(13)14/h2-6H,1H3,(H,14,15);2-5H,1H3,(H,13,14)(H,15,16)/b10-5-;9-5+. The minimum absolute atomic E-state index is 0.0593. The first-order chi connectivity index (χ1) is 15.9. The van der Waals surface area contributed by atoms with Gasteiger partial charge < -0.3 is 29.5 Å². The van der Waals surface area contributed by atoms with E-state index in [0.29, 0.717) is 23.5 Å². The number of aryl methyl sites for hydroxylation is 2. The van der Waals surface area contributed by atoms with E-state index in [2.05, 4.69) is 4.74 Å². The molecule has 0 atom stereocenters. The molecule has 0 saturated carbocycles. The Morgan fingerprint density at radius 3 is 1.59 bits per heavy atom. The van der Waals surface area contributed by atoms with Crippen molar-refractivity contribution < 1.29 is 57.5 Å². The molecule has 0 unspecified atom stereocenters. The highest BCUT2D eigenvalue weighted by Crippen LogP contribution is 2.22. The fraction of sp³-hybridized carbons (Fsp3) is 0.0909. The predicted molar refractivity (Wildman–Crippen MR) is 110 cm³/mol. The van der Waals surface area contributed by atoms with Crippen LogP contribution in [-0.4, -0.2) is 39.7 Å². The quantitative estimate of drug-likeness (QED) is 0.277. The van der Waals surface area contributed by atoms with Crippen LogP contribution < -0.4 is 9.47 Å². The Labute approximate surface area is 190 Å². The molecule has 0 spiro atoms. The molecule has 3 N–H and O–H groups in total. The van der Waals surface area contributed by atoms with Gasteiger partial charge >= 0.3 is 17.9 Å². The Morgan fingerprint density at radius 2 is 1.24 bits per heavy atom. The molecule has 0 aromatic heterocycles. The van der Waals surface area contributed by atoms with E-state index in [1.807, 2.05) is 0 Å². The van der Waals surface area contributed by atoms with Crippen molar-refractivity contribution in [2.24, 2.45) is 0 Å². The lowest BCUT2D eigenvalue weighted by molar-refractivity contribution is -0.137. The van der Waals surface area contributed by atoms with Crippen LogP contribution in [0.15, 0.2) is 60.3 Å². The molecule has 0 aliphatic heterocycles. The van der Waals surface area contributed by atoms with Crippen molar-refractivity contribution in [3.63, 3.8) is 0 Å². The molecule has 2 rings (SSSR count). The monoisotopic (exact) mass is 480 g/mol. The van der Waals surface area contributed by atoms with Crippen LogP contribution in [0.2, 0.25) is 0 Å². The molecule has 0 fully saturated rings. The van der Waals surface area contributed by atoms with Crippen molar-refractivity contribution in [3.8, 4) is 11.5 Å². The number of carboxylic acids is 3. The van der Waals surface area contributed by atoms with Crippen LogP contribution in [0.5, 0.6) is 11.5 Å². The molecule has 2 aromatic rings. The first kappa shape index (κ1) is 27.3. The van der Waals surface area contributed by atoms with E-state index >= 15 is 0 Å². The summed E-state index contributed by atoms with van der Waals surface area (Å²) >= 11 is 0. The zero-order valence-corrected chi connectivity index (χ0v) is 17.7. The molecule has 0 amide bonds. The molecule has 0 aliphatic rings. The summed E-state index contributed by atoms with van der Waals surface area (Å²) in [4.78, 5) is 41.7. The van der Waals surface area contributed by atoms with Crippen molar-refractivity contribution in [1.82, 2.24) is 0 Å². The second-order valence-corrected chi connectivity index (χ2v) is 6.20. The number of carbonyl (C=O) groups excluding carboxylic acids is 1. The summed E-state index contributed by atoms with van der Waals surface area (Å²) in [6, 6.07) is 7.06. The molecule has 0 radical (unpaired) electrons. The van der Waals surface area contributed by atoms with Gasteiger partial charge in [0.2, 0.25) is 11.5 Å². The van der Waals surface area contributed by atoms with E-state index in [9.17, 15) is 28.0 Å². The normalized spacial score (nSPS) is 10.9. The van der Waals surface area contributed by atoms with Crippen LogP contribution in [-0.2, 0) is 23.9 Å². The molecule has 2 aromatic carbocycles. The van der Waals surface area contributed by atoms with Crippen LogP contribution in [0.25, 0.3) is 0 Å². The van der Waals surface area contributed by atoms with Gasteiger partial charge in [-0.2, -0.15) is 0 Å². The van der Waals surface area contributed by atoms with Crippen LogP contribution in [0, 0.1) is 25.5 Å². The second kappa shape index (κ2) is 13.0. The third-order valence-corrected chi connectivity index (χ3v) is 3.62. The van der Waals surface area contributed by atoms with Gasteiger partial charge in [-0.05, 0) is 61.4 Å². The van der Waals surface area contributed by atoms with Crippen molar-refractivity contribution >= 4 is 24.4 Å². The number of rotatable bonds is 9. The molecule has 0 saturated heterocycles. The van der Waals surface area contributed by atoms with Gasteiger partial charge in [-0.25, -0.2) is 23.2 Å². The SMILES string of the molecule is Cc1cc(F)ccc1O/C(=C/C(=O)O)C(=O)O.Cc1cc(F)ccc1O/C(=C\OC=O)C(=O)O. The maximum atomic E-state index is 12.8. The van der Waals surface area contributed by atoms with Gasteiger partial charge in [0.1, 0.15) is 29.4 Å². The summed E-state index contributed by atoms with van der Waals surface area (Å²) < 4.78 is 39.6. The fourth-order valence-corrected chi connectivity index (χ4v) is 2.15. The molecule has 0 bridgehead atoms. The van der Waals surface area contributed by atoms with E-state index in [1.54, 1.807) is 6.92 Å². The molecular formula is C22H18F2O10. The van der Waals surface area contributed by atoms with Gasteiger partial charge in [0.25, 0.3) is 6.47 Å². The molecule has 0 aliphatic carbocycles. The summed E-state index contributed by atoms with van der Waals surface area (Å²) in [6.45, 7) is 3.13. The van der Waals surface area contributed by atoms with E-state index in [1.165, 1.54) is 25.1 Å². The number of hydrogen-bond donors (Lipinski definition) is 3. The van der Waals surface area contributed by atoms with Crippen LogP contribution in [0.1, 0.15) is 11.1 Å². The molecule has 0 heterocycles. The zero-order valence-electron chi connectivity index (χ0n) is 17.7. The maximum absolute atomic E-state index is 12.8. The summed E-state index contributed by atoms with van der Waals surface area (Å²) in [5.74, 6) is -6.39. The van der Waals surface area contributed by atoms with Gasteiger partial charge in [0.05, 0.1) is 6.08 Å². The highest BCUT2D eigenvalue weighted by molar-refractivity contribution is 5.93. The van der Waals surface area contributed by atoms with E-state index < -0.39 is 41.1 Å². The molecular weight excluding hydrogens is 462 g/mol. The van der Waals surface area contributed by atoms with E-state index in [4.69, 9.17) is 24.8 Å². The summed E-state index contributed by atoms with van der Waals surface area (Å²) in [5.41, 5.74) is 0.783. The molecule has 34 heavy (non-hydrogen) atoms. The number of benzene rings is 2. The van der Waals surface area contributed by atoms with Crippen molar-refractivity contribution in [2.45, 2.75) is 13.8 Å². The van der Waals surface area contributed by atoms with E-state index in [0.717, 1.165) is 18.2 Å². The lowest BCUT2D eigenvalue weighted by Gasteiger charge is -2.08. The van der Waals surface area contributed by atoms with Crippen molar-refractivity contribution in [1.29, 1.82) is 0 Å². The minimum atomic E-state index is -1.52. The topological polar surface area (TPSA) is 157 Å².